The first kappa shape index (κ1) is 7.21. The number of aldehydes is 1. The minimum absolute atomic E-state index is 0.0544. The average Bonchev–Trinajstić information content (AvgIpc) is 1.94. The van der Waals surface area contributed by atoms with E-state index in [-0.39, 0.29) is 12.5 Å². The van der Waals surface area contributed by atoms with Crippen LogP contribution in [0, 0.1) is 0 Å². The lowest BCUT2D eigenvalue weighted by molar-refractivity contribution is -0.196. The van der Waals surface area contributed by atoms with Gasteiger partial charge in [-0.1, -0.05) is 0 Å². The van der Waals surface area contributed by atoms with E-state index >= 15 is 0 Å². The predicted molar refractivity (Wildman–Crippen MR) is 33.0 cm³/mol. The molecule has 1 heterocycles. The first-order chi connectivity index (χ1) is 4.84. The molecule has 1 amide bonds. The van der Waals surface area contributed by atoms with Crippen LogP contribution >= 0.6 is 0 Å². The molecule has 0 aromatic heterocycles. The minimum atomic E-state index is -0.0987. The van der Waals surface area contributed by atoms with Gasteiger partial charge in [0.1, 0.15) is 12.8 Å². The Hall–Kier alpha value is -0.900. The second-order valence-electron chi connectivity index (χ2n) is 2.06. The Bertz CT molecular complexity index is 146. The summed E-state index contributed by atoms with van der Waals surface area (Å²) in [5.41, 5.74) is 0. The Morgan fingerprint density at radius 1 is 1.70 bits per heavy atom. The van der Waals surface area contributed by atoms with E-state index in [0.29, 0.717) is 19.3 Å². The lowest BCUT2D eigenvalue weighted by atomic mass is 10.3. The predicted octanol–water partition coefficient (Wildman–Crippen LogP) is -0.261. The second-order valence-corrected chi connectivity index (χ2v) is 2.06. The van der Waals surface area contributed by atoms with Gasteiger partial charge in [-0.3, -0.25) is 9.63 Å². The average molecular weight is 143 g/mol. The summed E-state index contributed by atoms with van der Waals surface area (Å²) in [4.78, 5) is 25.7. The van der Waals surface area contributed by atoms with Crippen molar-refractivity contribution in [3.05, 3.63) is 0 Å². The van der Waals surface area contributed by atoms with Gasteiger partial charge in [0.15, 0.2) is 0 Å². The Morgan fingerprint density at radius 2 is 2.50 bits per heavy atom. The van der Waals surface area contributed by atoms with Crippen molar-refractivity contribution in [3.8, 4) is 0 Å². The lowest BCUT2D eigenvalue weighted by Crippen LogP contribution is -2.36. The van der Waals surface area contributed by atoms with Crippen LogP contribution in [0.4, 0.5) is 0 Å². The zero-order chi connectivity index (χ0) is 7.40. The van der Waals surface area contributed by atoms with E-state index in [4.69, 9.17) is 4.84 Å². The molecule has 0 aromatic carbocycles. The Labute approximate surface area is 58.7 Å². The maximum absolute atomic E-state index is 10.8. The summed E-state index contributed by atoms with van der Waals surface area (Å²) in [6, 6.07) is 0. The van der Waals surface area contributed by atoms with Crippen molar-refractivity contribution in [1.29, 1.82) is 0 Å². The Kier molecular flexibility index (Phi) is 2.39. The highest BCUT2D eigenvalue weighted by Gasteiger charge is 2.17. The molecule has 0 radical (unpaired) electrons. The smallest absolute Gasteiger partial charge is 0.246 e. The van der Waals surface area contributed by atoms with Crippen LogP contribution in [0.1, 0.15) is 12.8 Å². The van der Waals surface area contributed by atoms with Crippen LogP contribution in [0.3, 0.4) is 0 Å². The molecule has 0 aliphatic carbocycles. The van der Waals surface area contributed by atoms with Gasteiger partial charge in [-0.2, -0.15) is 0 Å². The maximum atomic E-state index is 10.8. The molecular formula is C6H9NO3. The second kappa shape index (κ2) is 3.31. The van der Waals surface area contributed by atoms with Crippen molar-refractivity contribution >= 4 is 12.2 Å². The van der Waals surface area contributed by atoms with Gasteiger partial charge < -0.3 is 4.79 Å². The minimum Gasteiger partial charge on any atom is -0.301 e. The highest BCUT2D eigenvalue weighted by molar-refractivity contribution is 5.77. The van der Waals surface area contributed by atoms with E-state index < -0.39 is 0 Å². The first-order valence-corrected chi connectivity index (χ1v) is 3.21. The zero-order valence-electron chi connectivity index (χ0n) is 5.58. The fraction of sp³-hybridized carbons (Fsp3) is 0.667. The molecule has 1 fully saturated rings. The van der Waals surface area contributed by atoms with E-state index in [9.17, 15) is 9.59 Å². The van der Waals surface area contributed by atoms with Crippen LogP contribution in [0.15, 0.2) is 0 Å². The summed E-state index contributed by atoms with van der Waals surface area (Å²) in [6.45, 7) is 0.596. The molecule has 10 heavy (non-hydrogen) atoms. The number of hydroxylamine groups is 2. The SMILES string of the molecule is O=CCN1OCCCC1=O. The topological polar surface area (TPSA) is 46.6 Å². The van der Waals surface area contributed by atoms with Gasteiger partial charge in [-0.15, -0.1) is 0 Å². The largest absolute Gasteiger partial charge is 0.301 e. The standard InChI is InChI=1S/C6H9NO3/c8-4-3-7-6(9)2-1-5-10-7/h4H,1-3,5H2. The van der Waals surface area contributed by atoms with Crippen molar-refractivity contribution < 1.29 is 14.4 Å². The highest BCUT2D eigenvalue weighted by atomic mass is 16.7. The van der Waals surface area contributed by atoms with Crippen LogP contribution in [0.2, 0.25) is 0 Å². The molecule has 1 saturated heterocycles. The fourth-order valence-corrected chi connectivity index (χ4v) is 0.817. The summed E-state index contributed by atoms with van der Waals surface area (Å²) >= 11 is 0. The van der Waals surface area contributed by atoms with Crippen LogP contribution < -0.4 is 0 Å². The molecule has 4 heteroatoms. The molecule has 0 spiro atoms. The molecule has 1 rings (SSSR count). The van der Waals surface area contributed by atoms with Crippen LogP contribution in [0.25, 0.3) is 0 Å². The van der Waals surface area contributed by atoms with Gasteiger partial charge >= 0.3 is 0 Å². The molecular weight excluding hydrogens is 134 g/mol. The van der Waals surface area contributed by atoms with Gasteiger partial charge in [0.2, 0.25) is 5.91 Å². The summed E-state index contributed by atoms with van der Waals surface area (Å²) in [5.74, 6) is -0.0987. The van der Waals surface area contributed by atoms with Crippen LogP contribution in [0.5, 0.6) is 0 Å². The Morgan fingerprint density at radius 3 is 3.10 bits per heavy atom. The molecule has 4 nitrogen and oxygen atoms in total. The number of amides is 1. The van der Waals surface area contributed by atoms with Crippen molar-refractivity contribution in [3.63, 3.8) is 0 Å². The van der Waals surface area contributed by atoms with Gasteiger partial charge in [0.05, 0.1) is 6.61 Å². The molecule has 0 N–H and O–H groups in total. The van der Waals surface area contributed by atoms with Crippen molar-refractivity contribution in [2.45, 2.75) is 12.8 Å². The number of hydrogen-bond donors (Lipinski definition) is 0. The van der Waals surface area contributed by atoms with E-state index in [2.05, 4.69) is 0 Å². The summed E-state index contributed by atoms with van der Waals surface area (Å²) in [7, 11) is 0. The van der Waals surface area contributed by atoms with E-state index in [0.717, 1.165) is 11.5 Å². The lowest BCUT2D eigenvalue weighted by Gasteiger charge is -2.23. The third-order valence-electron chi connectivity index (χ3n) is 1.30. The summed E-state index contributed by atoms with van der Waals surface area (Å²) < 4.78 is 0. The zero-order valence-corrected chi connectivity index (χ0v) is 5.58. The van der Waals surface area contributed by atoms with Gasteiger partial charge in [0, 0.05) is 6.42 Å². The van der Waals surface area contributed by atoms with Crippen LogP contribution in [-0.2, 0) is 14.4 Å². The van der Waals surface area contributed by atoms with Crippen molar-refractivity contribution in [1.82, 2.24) is 5.06 Å². The van der Waals surface area contributed by atoms with Crippen molar-refractivity contribution in [2.24, 2.45) is 0 Å². The van der Waals surface area contributed by atoms with E-state index in [1.165, 1.54) is 0 Å². The van der Waals surface area contributed by atoms with Gasteiger partial charge in [-0.05, 0) is 6.42 Å². The summed E-state index contributed by atoms with van der Waals surface area (Å²) in [6.07, 6.45) is 1.91. The monoisotopic (exact) mass is 143 g/mol. The first-order valence-electron chi connectivity index (χ1n) is 3.21. The third kappa shape index (κ3) is 1.54. The molecule has 1 aliphatic rings. The van der Waals surface area contributed by atoms with Gasteiger partial charge in [-0.25, -0.2) is 5.06 Å². The molecule has 0 bridgehead atoms. The van der Waals surface area contributed by atoms with E-state index in [1.807, 2.05) is 0 Å². The molecule has 0 unspecified atom stereocenters. The number of hydrogen-bond acceptors (Lipinski definition) is 3. The fourth-order valence-electron chi connectivity index (χ4n) is 0.817. The van der Waals surface area contributed by atoms with E-state index in [1.54, 1.807) is 0 Å². The van der Waals surface area contributed by atoms with Crippen molar-refractivity contribution in [2.75, 3.05) is 13.2 Å². The molecule has 0 saturated carbocycles. The molecule has 0 atom stereocenters. The number of carbonyl (C=O) groups is 2. The quantitative estimate of drug-likeness (QED) is 0.500. The molecule has 56 valence electrons. The number of carbonyl (C=O) groups excluding carboxylic acids is 2. The highest BCUT2D eigenvalue weighted by Crippen LogP contribution is 2.05. The molecule has 0 aromatic rings. The van der Waals surface area contributed by atoms with Crippen LogP contribution in [-0.4, -0.2) is 30.4 Å². The third-order valence-corrected chi connectivity index (χ3v) is 1.30. The Balaban J connectivity index is 2.39. The normalized spacial score (nSPS) is 19.2. The number of nitrogens with zero attached hydrogens (tertiary/aromatic N) is 1. The number of rotatable bonds is 2. The summed E-state index contributed by atoms with van der Waals surface area (Å²) in [5, 5.41) is 1.11. The van der Waals surface area contributed by atoms with Gasteiger partial charge in [0.25, 0.3) is 0 Å². The maximum Gasteiger partial charge on any atom is 0.246 e. The molecule has 1 aliphatic heterocycles.